The van der Waals surface area contributed by atoms with Gasteiger partial charge < -0.3 is 9.52 Å². The number of nitrogens with zero attached hydrogens (tertiary/aromatic N) is 1. The van der Waals surface area contributed by atoms with Crippen LogP contribution < -0.4 is 0 Å². The Morgan fingerprint density at radius 2 is 2.55 bits per heavy atom. The quantitative estimate of drug-likeness (QED) is 0.642. The summed E-state index contributed by atoms with van der Waals surface area (Å²) >= 11 is 0. The summed E-state index contributed by atoms with van der Waals surface area (Å²) in [4.78, 5) is 14.4. The first-order chi connectivity index (χ1) is 5.24. The Morgan fingerprint density at radius 1 is 1.82 bits per heavy atom. The molecule has 0 unspecified atom stereocenters. The number of hydrogen-bond donors (Lipinski definition) is 1. The fourth-order valence-corrected chi connectivity index (χ4v) is 0.684. The van der Waals surface area contributed by atoms with Crippen molar-refractivity contribution < 1.29 is 14.3 Å². The molecule has 1 aromatic rings. The molecule has 0 aromatic carbocycles. The SMILES string of the molecule is CC(=O)c1cnc(CCO)o1. The Bertz CT molecular complexity index is 254. The normalized spacial score (nSPS) is 10.0. The summed E-state index contributed by atoms with van der Waals surface area (Å²) < 4.78 is 4.96. The van der Waals surface area contributed by atoms with Crippen LogP contribution >= 0.6 is 0 Å². The van der Waals surface area contributed by atoms with E-state index in [9.17, 15) is 4.79 Å². The number of Topliss-reactive ketones (excluding diaryl/α,β-unsaturated/α-hetero) is 1. The van der Waals surface area contributed by atoms with E-state index in [2.05, 4.69) is 4.98 Å². The predicted molar refractivity (Wildman–Crippen MR) is 37.3 cm³/mol. The summed E-state index contributed by atoms with van der Waals surface area (Å²) in [5.74, 6) is 0.493. The van der Waals surface area contributed by atoms with Gasteiger partial charge in [0.15, 0.2) is 17.4 Å². The maximum absolute atomic E-state index is 10.7. The number of rotatable bonds is 3. The van der Waals surface area contributed by atoms with Crippen molar-refractivity contribution in [3.8, 4) is 0 Å². The van der Waals surface area contributed by atoms with Crippen LogP contribution in [0.2, 0.25) is 0 Å². The van der Waals surface area contributed by atoms with Crippen LogP contribution in [0.3, 0.4) is 0 Å². The summed E-state index contributed by atoms with van der Waals surface area (Å²) in [7, 11) is 0. The molecule has 4 nitrogen and oxygen atoms in total. The number of carbonyl (C=O) groups excluding carboxylic acids is 1. The zero-order chi connectivity index (χ0) is 8.27. The van der Waals surface area contributed by atoms with Crippen LogP contribution in [0, 0.1) is 0 Å². The van der Waals surface area contributed by atoms with Crippen molar-refractivity contribution in [3.05, 3.63) is 17.8 Å². The number of ketones is 1. The van der Waals surface area contributed by atoms with Gasteiger partial charge in [0.25, 0.3) is 0 Å². The largest absolute Gasteiger partial charge is 0.438 e. The number of aliphatic hydroxyl groups is 1. The van der Waals surface area contributed by atoms with Crippen LogP contribution in [0.15, 0.2) is 10.6 Å². The summed E-state index contributed by atoms with van der Waals surface area (Å²) in [6.45, 7) is 1.39. The first kappa shape index (κ1) is 7.94. The minimum atomic E-state index is -0.151. The van der Waals surface area contributed by atoms with E-state index in [1.165, 1.54) is 13.1 Å². The molecule has 0 saturated carbocycles. The van der Waals surface area contributed by atoms with E-state index in [0.29, 0.717) is 12.3 Å². The van der Waals surface area contributed by atoms with Crippen molar-refractivity contribution in [3.63, 3.8) is 0 Å². The molecule has 0 aliphatic heterocycles. The molecule has 1 heterocycles. The van der Waals surface area contributed by atoms with Gasteiger partial charge in [-0.3, -0.25) is 4.79 Å². The molecular formula is C7H9NO3. The van der Waals surface area contributed by atoms with E-state index >= 15 is 0 Å². The van der Waals surface area contributed by atoms with E-state index in [1.807, 2.05) is 0 Å². The number of oxazole rings is 1. The zero-order valence-corrected chi connectivity index (χ0v) is 6.20. The molecule has 11 heavy (non-hydrogen) atoms. The summed E-state index contributed by atoms with van der Waals surface area (Å²) in [6, 6.07) is 0. The molecule has 0 bridgehead atoms. The first-order valence-corrected chi connectivity index (χ1v) is 3.30. The van der Waals surface area contributed by atoms with Crippen molar-refractivity contribution in [1.29, 1.82) is 0 Å². The number of aromatic nitrogens is 1. The Kier molecular flexibility index (Phi) is 2.38. The fraction of sp³-hybridized carbons (Fsp3) is 0.429. The van der Waals surface area contributed by atoms with E-state index in [0.717, 1.165) is 0 Å². The van der Waals surface area contributed by atoms with Crippen LogP contribution in [0.25, 0.3) is 0 Å². The average molecular weight is 155 g/mol. The summed E-state index contributed by atoms with van der Waals surface area (Å²) in [6.07, 6.45) is 1.72. The summed E-state index contributed by atoms with van der Waals surface area (Å²) in [5, 5.41) is 8.48. The topological polar surface area (TPSA) is 63.3 Å². The van der Waals surface area contributed by atoms with Crippen molar-refractivity contribution in [2.75, 3.05) is 6.61 Å². The third-order valence-electron chi connectivity index (χ3n) is 1.23. The molecule has 0 fully saturated rings. The van der Waals surface area contributed by atoms with E-state index in [-0.39, 0.29) is 18.2 Å². The van der Waals surface area contributed by atoms with Crippen molar-refractivity contribution in [1.82, 2.24) is 4.98 Å². The molecule has 0 aliphatic carbocycles. The number of hydrogen-bond acceptors (Lipinski definition) is 4. The van der Waals surface area contributed by atoms with Crippen LogP contribution in [-0.2, 0) is 6.42 Å². The zero-order valence-electron chi connectivity index (χ0n) is 6.20. The molecule has 60 valence electrons. The van der Waals surface area contributed by atoms with Gasteiger partial charge in [0.1, 0.15) is 0 Å². The van der Waals surface area contributed by atoms with Gasteiger partial charge in [-0.25, -0.2) is 4.98 Å². The van der Waals surface area contributed by atoms with E-state index in [1.54, 1.807) is 0 Å². The van der Waals surface area contributed by atoms with Gasteiger partial charge in [-0.2, -0.15) is 0 Å². The second-order valence-corrected chi connectivity index (χ2v) is 2.15. The summed E-state index contributed by atoms with van der Waals surface area (Å²) in [5.41, 5.74) is 0. The predicted octanol–water partition coefficient (Wildman–Crippen LogP) is 0.412. The van der Waals surface area contributed by atoms with E-state index in [4.69, 9.17) is 9.52 Å². The lowest BCUT2D eigenvalue weighted by molar-refractivity contribution is 0.0984. The van der Waals surface area contributed by atoms with Gasteiger partial charge in [0.2, 0.25) is 0 Å². The van der Waals surface area contributed by atoms with Gasteiger partial charge >= 0.3 is 0 Å². The van der Waals surface area contributed by atoms with E-state index < -0.39 is 0 Å². The Balaban J connectivity index is 2.73. The third-order valence-corrected chi connectivity index (χ3v) is 1.23. The fourth-order valence-electron chi connectivity index (χ4n) is 0.684. The van der Waals surface area contributed by atoms with Gasteiger partial charge in [-0.1, -0.05) is 0 Å². The van der Waals surface area contributed by atoms with Gasteiger partial charge in [0.05, 0.1) is 12.8 Å². The van der Waals surface area contributed by atoms with Crippen LogP contribution in [0.1, 0.15) is 23.4 Å². The molecule has 1 N–H and O–H groups in total. The second-order valence-electron chi connectivity index (χ2n) is 2.15. The highest BCUT2D eigenvalue weighted by atomic mass is 16.4. The molecule has 0 saturated heterocycles. The van der Waals surface area contributed by atoms with Crippen LogP contribution in [0.4, 0.5) is 0 Å². The van der Waals surface area contributed by atoms with Crippen molar-refractivity contribution >= 4 is 5.78 Å². The van der Waals surface area contributed by atoms with Crippen LogP contribution in [-0.4, -0.2) is 22.5 Å². The Labute approximate surface area is 63.9 Å². The molecular weight excluding hydrogens is 146 g/mol. The first-order valence-electron chi connectivity index (χ1n) is 3.30. The third kappa shape index (κ3) is 1.88. The maximum Gasteiger partial charge on any atom is 0.197 e. The average Bonchev–Trinajstić information content (AvgIpc) is 2.37. The molecule has 0 spiro atoms. The Morgan fingerprint density at radius 3 is 3.00 bits per heavy atom. The molecule has 0 amide bonds. The minimum Gasteiger partial charge on any atom is -0.438 e. The van der Waals surface area contributed by atoms with Crippen LogP contribution in [0.5, 0.6) is 0 Å². The monoisotopic (exact) mass is 155 g/mol. The molecule has 0 radical (unpaired) electrons. The molecule has 0 atom stereocenters. The highest BCUT2D eigenvalue weighted by molar-refractivity contribution is 5.90. The molecule has 1 aromatic heterocycles. The van der Waals surface area contributed by atoms with Gasteiger partial charge in [0, 0.05) is 13.3 Å². The lowest BCUT2D eigenvalue weighted by atomic mass is 10.4. The second kappa shape index (κ2) is 3.30. The standard InChI is InChI=1S/C7H9NO3/c1-5(10)6-4-8-7(11-6)2-3-9/h4,9H,2-3H2,1H3. The molecule has 0 aliphatic rings. The molecule has 1 rings (SSSR count). The Hall–Kier alpha value is -1.16. The number of carbonyl (C=O) groups is 1. The van der Waals surface area contributed by atoms with Gasteiger partial charge in [-0.05, 0) is 0 Å². The van der Waals surface area contributed by atoms with Crippen molar-refractivity contribution in [2.24, 2.45) is 0 Å². The highest BCUT2D eigenvalue weighted by Crippen LogP contribution is 2.04. The smallest absolute Gasteiger partial charge is 0.197 e. The highest BCUT2D eigenvalue weighted by Gasteiger charge is 2.06. The maximum atomic E-state index is 10.7. The number of aliphatic hydroxyl groups excluding tert-OH is 1. The van der Waals surface area contributed by atoms with Gasteiger partial charge in [-0.15, -0.1) is 0 Å². The lowest BCUT2D eigenvalue weighted by Crippen LogP contribution is -1.90. The lowest BCUT2D eigenvalue weighted by Gasteiger charge is -1.87. The van der Waals surface area contributed by atoms with Crippen molar-refractivity contribution in [2.45, 2.75) is 13.3 Å². The minimum absolute atomic E-state index is 0.0160. The molecule has 4 heteroatoms.